The minimum atomic E-state index is -1.33. The molecule has 1 aromatic carbocycles. The summed E-state index contributed by atoms with van der Waals surface area (Å²) in [4.78, 5) is 23.7. The Hall–Kier alpha value is -1.99. The summed E-state index contributed by atoms with van der Waals surface area (Å²) in [5, 5.41) is 12.2. The van der Waals surface area contributed by atoms with Crippen molar-refractivity contribution in [1.82, 2.24) is 5.32 Å². The predicted octanol–water partition coefficient (Wildman–Crippen LogP) is 1.25. The second-order valence-corrected chi connectivity index (χ2v) is 6.06. The van der Waals surface area contributed by atoms with Crippen LogP contribution in [0.4, 0.5) is 0 Å². The molecule has 0 spiro atoms. The number of carbonyl (C=O) groups is 2. The maximum absolute atomic E-state index is 12.3. The van der Waals surface area contributed by atoms with Crippen LogP contribution in [-0.4, -0.2) is 34.7 Å². The Kier molecular flexibility index (Phi) is 5.46. The lowest BCUT2D eigenvalue weighted by atomic mass is 10.1. The smallest absolute Gasteiger partial charge is 0.355 e. The molecule has 118 valence electrons. The highest BCUT2D eigenvalue weighted by Crippen LogP contribution is 2.24. The normalized spacial score (nSPS) is 19.3. The van der Waals surface area contributed by atoms with E-state index in [-0.39, 0.29) is 5.37 Å². The number of rotatable bonds is 5. The molecule has 7 heteroatoms. The van der Waals surface area contributed by atoms with Crippen LogP contribution in [0.15, 0.2) is 41.6 Å². The summed E-state index contributed by atoms with van der Waals surface area (Å²) < 4.78 is 5.19. The molecule has 0 aliphatic carbocycles. The molecule has 2 unspecified atom stereocenters. The van der Waals surface area contributed by atoms with E-state index in [4.69, 9.17) is 10.5 Å². The number of nitrogens with two attached hydrogens (primary N) is 1. The molecular formula is C15H18N2O4S. The van der Waals surface area contributed by atoms with E-state index in [0.29, 0.717) is 23.6 Å². The van der Waals surface area contributed by atoms with Crippen molar-refractivity contribution in [1.29, 1.82) is 0 Å². The summed E-state index contributed by atoms with van der Waals surface area (Å²) in [7, 11) is 0. The van der Waals surface area contributed by atoms with Crippen molar-refractivity contribution in [3.63, 3.8) is 0 Å². The summed E-state index contributed by atoms with van der Waals surface area (Å²) in [6.07, 6.45) is -1.33. The number of aliphatic carboxylic acids is 1. The summed E-state index contributed by atoms with van der Waals surface area (Å²) in [5.74, 6) is -1.23. The molecule has 0 radical (unpaired) electrons. The summed E-state index contributed by atoms with van der Waals surface area (Å²) in [6.45, 7) is 2.18. The van der Waals surface area contributed by atoms with Gasteiger partial charge in [0, 0.05) is 17.9 Å². The molecule has 1 aliphatic heterocycles. The topological polar surface area (TPSA) is 102 Å². The summed E-state index contributed by atoms with van der Waals surface area (Å²) in [5.41, 5.74) is 7.14. The van der Waals surface area contributed by atoms with E-state index in [1.807, 2.05) is 6.92 Å². The Morgan fingerprint density at radius 1 is 1.45 bits per heavy atom. The van der Waals surface area contributed by atoms with Crippen molar-refractivity contribution in [3.05, 3.63) is 47.2 Å². The average Bonchev–Trinajstić information content (AvgIpc) is 2.53. The van der Waals surface area contributed by atoms with Gasteiger partial charge in [0.2, 0.25) is 6.10 Å². The van der Waals surface area contributed by atoms with Crippen LogP contribution in [0.1, 0.15) is 18.6 Å². The Bertz CT molecular complexity index is 588. The molecule has 0 aromatic heterocycles. The van der Waals surface area contributed by atoms with Crippen molar-refractivity contribution < 1.29 is 19.4 Å². The SMILES string of the molecule is CC1=C(C(=O)OC(C(=O)O)c2ccccc2)NC(CN)SC1. The third kappa shape index (κ3) is 3.80. The molecule has 1 aliphatic rings. The van der Waals surface area contributed by atoms with Crippen molar-refractivity contribution in [2.24, 2.45) is 5.73 Å². The molecule has 6 nitrogen and oxygen atoms in total. The van der Waals surface area contributed by atoms with Crippen molar-refractivity contribution >= 4 is 23.7 Å². The van der Waals surface area contributed by atoms with E-state index in [9.17, 15) is 14.7 Å². The molecule has 2 rings (SSSR count). The molecule has 0 saturated carbocycles. The third-order valence-electron chi connectivity index (χ3n) is 3.20. The molecule has 2 atom stereocenters. The molecule has 0 saturated heterocycles. The maximum Gasteiger partial charge on any atom is 0.355 e. The second kappa shape index (κ2) is 7.33. The van der Waals surface area contributed by atoms with Gasteiger partial charge in [0.15, 0.2) is 0 Å². The lowest BCUT2D eigenvalue weighted by Gasteiger charge is -2.26. The van der Waals surface area contributed by atoms with Gasteiger partial charge in [-0.1, -0.05) is 30.3 Å². The lowest BCUT2D eigenvalue weighted by molar-refractivity contribution is -0.162. The highest BCUT2D eigenvalue weighted by Gasteiger charge is 2.29. The van der Waals surface area contributed by atoms with Gasteiger partial charge in [-0.05, 0) is 12.5 Å². The number of carboxylic acid groups (broad SMARTS) is 1. The highest BCUT2D eigenvalue weighted by atomic mass is 32.2. The molecule has 1 heterocycles. The minimum Gasteiger partial charge on any atom is -0.478 e. The maximum atomic E-state index is 12.3. The molecule has 0 amide bonds. The number of benzene rings is 1. The van der Waals surface area contributed by atoms with Gasteiger partial charge < -0.3 is 20.9 Å². The van der Waals surface area contributed by atoms with E-state index in [1.165, 1.54) is 0 Å². The van der Waals surface area contributed by atoms with Crippen LogP contribution in [0.25, 0.3) is 0 Å². The fourth-order valence-electron chi connectivity index (χ4n) is 2.04. The van der Waals surface area contributed by atoms with Gasteiger partial charge in [0.05, 0.1) is 5.37 Å². The molecule has 1 aromatic rings. The largest absolute Gasteiger partial charge is 0.478 e. The first kappa shape index (κ1) is 16.4. The summed E-state index contributed by atoms with van der Waals surface area (Å²) in [6, 6.07) is 8.39. The standard InChI is InChI=1S/C15H18N2O4S/c1-9-8-22-11(7-16)17-12(9)15(20)21-13(14(18)19)10-5-3-2-4-6-10/h2-6,11,13,17H,7-8,16H2,1H3,(H,18,19). The van der Waals surface area contributed by atoms with Crippen molar-refractivity contribution in [3.8, 4) is 0 Å². The predicted molar refractivity (Wildman–Crippen MR) is 84.0 cm³/mol. The van der Waals surface area contributed by atoms with Gasteiger partial charge in [0.1, 0.15) is 5.70 Å². The number of ether oxygens (including phenoxy) is 1. The number of carboxylic acids is 1. The molecule has 0 fully saturated rings. The number of nitrogens with one attached hydrogen (secondary N) is 1. The van der Waals surface area contributed by atoms with E-state index in [2.05, 4.69) is 5.32 Å². The zero-order chi connectivity index (χ0) is 16.1. The van der Waals surface area contributed by atoms with Gasteiger partial charge in [-0.15, -0.1) is 11.8 Å². The number of hydrogen-bond donors (Lipinski definition) is 3. The first-order valence-electron chi connectivity index (χ1n) is 6.79. The van der Waals surface area contributed by atoms with E-state index in [1.54, 1.807) is 42.1 Å². The van der Waals surface area contributed by atoms with Crippen LogP contribution in [0.2, 0.25) is 0 Å². The summed E-state index contributed by atoms with van der Waals surface area (Å²) >= 11 is 1.60. The number of esters is 1. The zero-order valence-electron chi connectivity index (χ0n) is 12.1. The van der Waals surface area contributed by atoms with Crippen LogP contribution in [0, 0.1) is 0 Å². The number of thioether (sulfide) groups is 1. The lowest BCUT2D eigenvalue weighted by Crippen LogP contribution is -2.40. The average molecular weight is 322 g/mol. The molecular weight excluding hydrogens is 304 g/mol. The van der Waals surface area contributed by atoms with Gasteiger partial charge in [0.25, 0.3) is 0 Å². The number of hydrogen-bond acceptors (Lipinski definition) is 6. The molecule has 0 bridgehead atoms. The van der Waals surface area contributed by atoms with Crippen LogP contribution in [0.3, 0.4) is 0 Å². The van der Waals surface area contributed by atoms with Crippen LogP contribution < -0.4 is 11.1 Å². The van der Waals surface area contributed by atoms with Gasteiger partial charge in [-0.25, -0.2) is 9.59 Å². The zero-order valence-corrected chi connectivity index (χ0v) is 12.9. The Labute approximate surface area is 132 Å². The Balaban J connectivity index is 2.17. The molecule has 22 heavy (non-hydrogen) atoms. The van der Waals surface area contributed by atoms with Crippen molar-refractivity contribution in [2.45, 2.75) is 18.4 Å². The highest BCUT2D eigenvalue weighted by molar-refractivity contribution is 8.00. The van der Waals surface area contributed by atoms with Crippen molar-refractivity contribution in [2.75, 3.05) is 12.3 Å². The number of carbonyl (C=O) groups excluding carboxylic acids is 1. The Morgan fingerprint density at radius 2 is 2.14 bits per heavy atom. The van der Waals surface area contributed by atoms with Crippen LogP contribution in [-0.2, 0) is 14.3 Å². The second-order valence-electron chi connectivity index (χ2n) is 4.87. The third-order valence-corrected chi connectivity index (χ3v) is 4.52. The van der Waals surface area contributed by atoms with Gasteiger partial charge in [-0.2, -0.15) is 0 Å². The first-order valence-corrected chi connectivity index (χ1v) is 7.84. The van der Waals surface area contributed by atoms with Crippen LogP contribution in [0.5, 0.6) is 0 Å². The van der Waals surface area contributed by atoms with E-state index < -0.39 is 18.0 Å². The minimum absolute atomic E-state index is 0.0775. The van der Waals surface area contributed by atoms with Gasteiger partial charge in [-0.3, -0.25) is 0 Å². The Morgan fingerprint density at radius 3 is 2.73 bits per heavy atom. The van der Waals surface area contributed by atoms with E-state index >= 15 is 0 Å². The molecule has 4 N–H and O–H groups in total. The van der Waals surface area contributed by atoms with Gasteiger partial charge >= 0.3 is 11.9 Å². The fraction of sp³-hybridized carbons (Fsp3) is 0.333. The monoisotopic (exact) mass is 322 g/mol. The first-order chi connectivity index (χ1) is 10.5. The quantitative estimate of drug-likeness (QED) is 0.701. The van der Waals surface area contributed by atoms with Crippen LogP contribution >= 0.6 is 11.8 Å². The van der Waals surface area contributed by atoms with E-state index in [0.717, 1.165) is 5.57 Å². The fourth-order valence-corrected chi connectivity index (χ4v) is 2.97.